The predicted octanol–water partition coefficient (Wildman–Crippen LogP) is 5.76. The fourth-order valence-corrected chi connectivity index (χ4v) is 5.65. The van der Waals surface area contributed by atoms with Crippen molar-refractivity contribution in [2.75, 3.05) is 18.0 Å². The van der Waals surface area contributed by atoms with Crippen LogP contribution in [0.15, 0.2) is 108 Å². The van der Waals surface area contributed by atoms with E-state index >= 15 is 0 Å². The van der Waals surface area contributed by atoms with Crippen molar-refractivity contribution >= 4 is 33.2 Å². The molecule has 0 unspecified atom stereocenters. The minimum atomic E-state index is -4.11. The summed E-state index contributed by atoms with van der Waals surface area (Å²) in [6.45, 7) is 1.54. The van der Waals surface area contributed by atoms with Crippen LogP contribution in [0.4, 0.5) is 5.69 Å². The van der Waals surface area contributed by atoms with E-state index < -0.39 is 28.5 Å². The molecule has 6 nitrogen and oxygen atoms in total. The monoisotopic (exact) mass is 534 g/mol. The van der Waals surface area contributed by atoms with E-state index in [9.17, 15) is 13.2 Å². The van der Waals surface area contributed by atoms with Crippen molar-refractivity contribution < 1.29 is 17.9 Å². The maximum Gasteiger partial charge on any atom is 0.264 e. The Morgan fingerprint density at radius 3 is 2.24 bits per heavy atom. The van der Waals surface area contributed by atoms with Gasteiger partial charge in [-0.25, -0.2) is 8.42 Å². The molecule has 0 spiro atoms. The number of anilines is 1. The molecule has 4 aromatic rings. The van der Waals surface area contributed by atoms with E-state index in [1.54, 1.807) is 30.3 Å². The molecule has 0 radical (unpaired) electrons. The third-order valence-electron chi connectivity index (χ3n) is 5.97. The lowest BCUT2D eigenvalue weighted by Crippen LogP contribution is -2.42. The van der Waals surface area contributed by atoms with Gasteiger partial charge in [-0.05, 0) is 66.1 Å². The average Bonchev–Trinajstić information content (AvgIpc) is 2.91. The first-order valence-corrected chi connectivity index (χ1v) is 13.4. The second-order valence-electron chi connectivity index (χ2n) is 8.43. The van der Waals surface area contributed by atoms with Crippen LogP contribution in [0.2, 0.25) is 5.02 Å². The minimum absolute atomic E-state index is 0.0274. The predicted molar refractivity (Wildman–Crippen MR) is 147 cm³/mol. The van der Waals surface area contributed by atoms with Gasteiger partial charge >= 0.3 is 0 Å². The van der Waals surface area contributed by atoms with Gasteiger partial charge in [-0.1, -0.05) is 72.3 Å². The molecule has 1 atom stereocenters. The standard InChI is InChI=1S/C29H27ClN2O4S/c1-21-9-6-7-14-27(21)29(22-10-4-3-5-11-22)31-28(33)20-32(24-13-8-12-23(30)19-24)37(34,35)26-17-15-25(36-2)16-18-26/h3-19,29H,20H2,1-2H3,(H,31,33)/t29-/m1/s1. The van der Waals surface area contributed by atoms with Crippen LogP contribution in [-0.4, -0.2) is 28.0 Å². The number of ether oxygens (including phenoxy) is 1. The number of rotatable bonds is 9. The average molecular weight is 535 g/mol. The molecule has 1 N–H and O–H groups in total. The summed E-state index contributed by atoms with van der Waals surface area (Å²) in [6, 6.07) is 29.3. The summed E-state index contributed by atoms with van der Waals surface area (Å²) < 4.78 is 33.7. The zero-order valence-corrected chi connectivity index (χ0v) is 22.0. The van der Waals surface area contributed by atoms with Crippen LogP contribution < -0.4 is 14.4 Å². The van der Waals surface area contributed by atoms with Gasteiger partial charge in [0.05, 0.1) is 23.7 Å². The quantitative estimate of drug-likeness (QED) is 0.296. The van der Waals surface area contributed by atoms with Crippen LogP contribution in [0.25, 0.3) is 0 Å². The Hall–Kier alpha value is -3.81. The van der Waals surface area contributed by atoms with Crippen LogP contribution >= 0.6 is 11.6 Å². The van der Waals surface area contributed by atoms with Crippen molar-refractivity contribution in [3.63, 3.8) is 0 Å². The summed E-state index contributed by atoms with van der Waals surface area (Å²) >= 11 is 6.18. The topological polar surface area (TPSA) is 75.7 Å². The molecule has 1 amide bonds. The molecule has 0 fully saturated rings. The lowest BCUT2D eigenvalue weighted by atomic mass is 9.95. The number of sulfonamides is 1. The number of hydrogen-bond donors (Lipinski definition) is 1. The molecule has 0 bridgehead atoms. The van der Waals surface area contributed by atoms with Gasteiger partial charge in [-0.3, -0.25) is 9.10 Å². The fourth-order valence-electron chi connectivity index (χ4n) is 4.06. The number of benzene rings is 4. The van der Waals surface area contributed by atoms with Crippen LogP contribution in [0.5, 0.6) is 5.75 Å². The number of hydrogen-bond acceptors (Lipinski definition) is 4. The van der Waals surface area contributed by atoms with Gasteiger partial charge in [-0.2, -0.15) is 0 Å². The van der Waals surface area contributed by atoms with Crippen molar-refractivity contribution in [1.82, 2.24) is 5.32 Å². The van der Waals surface area contributed by atoms with E-state index in [2.05, 4.69) is 5.32 Å². The third-order valence-corrected chi connectivity index (χ3v) is 7.99. The molecule has 8 heteroatoms. The Labute approximate surface area is 222 Å². The number of carbonyl (C=O) groups excluding carboxylic acids is 1. The molecule has 0 heterocycles. The number of methoxy groups -OCH3 is 1. The van der Waals surface area contributed by atoms with Gasteiger partial charge in [-0.15, -0.1) is 0 Å². The highest BCUT2D eigenvalue weighted by Crippen LogP contribution is 2.28. The smallest absolute Gasteiger partial charge is 0.264 e. The minimum Gasteiger partial charge on any atom is -0.497 e. The number of halogens is 1. The molecule has 4 rings (SSSR count). The summed E-state index contributed by atoms with van der Waals surface area (Å²) in [6.07, 6.45) is 0. The van der Waals surface area contributed by atoms with Crippen LogP contribution in [-0.2, 0) is 14.8 Å². The van der Waals surface area contributed by atoms with Gasteiger partial charge in [0.15, 0.2) is 0 Å². The van der Waals surface area contributed by atoms with Crippen LogP contribution in [0.3, 0.4) is 0 Å². The zero-order valence-electron chi connectivity index (χ0n) is 20.5. The van der Waals surface area contributed by atoms with Gasteiger partial charge in [0.2, 0.25) is 5.91 Å². The van der Waals surface area contributed by atoms with E-state index in [1.807, 2.05) is 61.5 Å². The van der Waals surface area contributed by atoms with E-state index in [-0.39, 0.29) is 10.6 Å². The first kappa shape index (κ1) is 26.3. The molecule has 0 saturated heterocycles. The summed E-state index contributed by atoms with van der Waals surface area (Å²) in [5.74, 6) is 0.0594. The lowest BCUT2D eigenvalue weighted by molar-refractivity contribution is -0.120. The molecule has 37 heavy (non-hydrogen) atoms. The molecule has 0 aliphatic heterocycles. The molecular weight excluding hydrogens is 508 g/mol. The fraction of sp³-hybridized carbons (Fsp3) is 0.138. The second-order valence-corrected chi connectivity index (χ2v) is 10.7. The Morgan fingerprint density at radius 1 is 0.919 bits per heavy atom. The Morgan fingerprint density at radius 2 is 1.59 bits per heavy atom. The first-order valence-electron chi connectivity index (χ1n) is 11.6. The highest BCUT2D eigenvalue weighted by atomic mass is 35.5. The van der Waals surface area contributed by atoms with Gasteiger partial charge < -0.3 is 10.1 Å². The van der Waals surface area contributed by atoms with Gasteiger partial charge in [0, 0.05) is 5.02 Å². The number of nitrogens with zero attached hydrogens (tertiary/aromatic N) is 1. The van der Waals surface area contributed by atoms with Crippen LogP contribution in [0.1, 0.15) is 22.7 Å². The van der Waals surface area contributed by atoms with Crippen LogP contribution in [0, 0.1) is 6.92 Å². The zero-order chi connectivity index (χ0) is 26.4. The maximum absolute atomic E-state index is 13.7. The molecular formula is C29H27ClN2O4S. The van der Waals surface area contributed by atoms with E-state index in [0.717, 1.165) is 21.0 Å². The molecule has 0 aliphatic rings. The normalized spacial score (nSPS) is 12.0. The summed E-state index contributed by atoms with van der Waals surface area (Å²) in [4.78, 5) is 13.5. The molecule has 0 aromatic heterocycles. The highest BCUT2D eigenvalue weighted by Gasteiger charge is 2.29. The third kappa shape index (κ3) is 6.13. The number of nitrogens with one attached hydrogen (secondary N) is 1. The molecule has 4 aromatic carbocycles. The number of aryl methyl sites for hydroxylation is 1. The van der Waals surface area contributed by atoms with E-state index in [0.29, 0.717) is 10.8 Å². The summed E-state index contributed by atoms with van der Waals surface area (Å²) in [7, 11) is -2.60. The molecule has 190 valence electrons. The Bertz CT molecular complexity index is 1480. The van der Waals surface area contributed by atoms with Gasteiger partial charge in [0.25, 0.3) is 10.0 Å². The van der Waals surface area contributed by atoms with Crippen molar-refractivity contribution in [2.24, 2.45) is 0 Å². The number of amides is 1. The largest absolute Gasteiger partial charge is 0.497 e. The number of carbonyl (C=O) groups is 1. The molecule has 0 aliphatic carbocycles. The van der Waals surface area contributed by atoms with Crippen molar-refractivity contribution in [3.8, 4) is 5.75 Å². The first-order chi connectivity index (χ1) is 17.8. The van der Waals surface area contributed by atoms with Crippen molar-refractivity contribution in [2.45, 2.75) is 17.9 Å². The van der Waals surface area contributed by atoms with E-state index in [4.69, 9.17) is 16.3 Å². The Kier molecular flexibility index (Phi) is 8.16. The second kappa shape index (κ2) is 11.5. The summed E-state index contributed by atoms with van der Waals surface area (Å²) in [5.41, 5.74) is 3.10. The van der Waals surface area contributed by atoms with Crippen molar-refractivity contribution in [1.29, 1.82) is 0 Å². The van der Waals surface area contributed by atoms with Crippen molar-refractivity contribution in [3.05, 3.63) is 125 Å². The SMILES string of the molecule is COc1ccc(S(=O)(=O)N(CC(=O)N[C@H](c2ccccc2)c2ccccc2C)c2cccc(Cl)c2)cc1. The Balaban J connectivity index is 1.70. The lowest BCUT2D eigenvalue weighted by Gasteiger charge is -2.27. The molecule has 0 saturated carbocycles. The van der Waals surface area contributed by atoms with E-state index in [1.165, 1.54) is 25.3 Å². The van der Waals surface area contributed by atoms with Gasteiger partial charge in [0.1, 0.15) is 12.3 Å². The highest BCUT2D eigenvalue weighted by molar-refractivity contribution is 7.92. The summed E-state index contributed by atoms with van der Waals surface area (Å²) in [5, 5.41) is 3.41. The maximum atomic E-state index is 13.7.